The number of nitrogens with zero attached hydrogens (tertiary/aromatic N) is 1. The van der Waals surface area contributed by atoms with Crippen molar-refractivity contribution in [3.05, 3.63) is 0 Å². The lowest BCUT2D eigenvalue weighted by Gasteiger charge is -2.34. The first-order valence-electron chi connectivity index (χ1n) is 6.33. The first-order chi connectivity index (χ1) is 7.74. The standard InChI is InChI=1S/C12H26N2O2/c1-11(2)3-6-15-7-4-14-5-8-16-10-12(14)9-13/h11-12H,3-10,13H2,1-2H3. The molecular formula is C12H26N2O2. The van der Waals surface area contributed by atoms with Crippen molar-refractivity contribution in [2.75, 3.05) is 46.1 Å². The highest BCUT2D eigenvalue weighted by atomic mass is 16.5. The molecule has 1 atom stereocenters. The predicted molar refractivity (Wildman–Crippen MR) is 65.5 cm³/mol. The van der Waals surface area contributed by atoms with Crippen molar-refractivity contribution in [3.8, 4) is 0 Å². The minimum atomic E-state index is 0.377. The molecule has 0 aromatic heterocycles. The number of hydrogen-bond acceptors (Lipinski definition) is 4. The Labute approximate surface area is 99.1 Å². The predicted octanol–water partition coefficient (Wildman–Crippen LogP) is 0.709. The Morgan fingerprint density at radius 1 is 1.44 bits per heavy atom. The highest BCUT2D eigenvalue weighted by Gasteiger charge is 2.20. The monoisotopic (exact) mass is 230 g/mol. The van der Waals surface area contributed by atoms with Crippen LogP contribution in [0.3, 0.4) is 0 Å². The second kappa shape index (κ2) is 8.01. The zero-order valence-corrected chi connectivity index (χ0v) is 10.7. The molecule has 0 aromatic rings. The smallest absolute Gasteiger partial charge is 0.0634 e. The van der Waals surface area contributed by atoms with Gasteiger partial charge < -0.3 is 15.2 Å². The van der Waals surface area contributed by atoms with Gasteiger partial charge in [0.2, 0.25) is 0 Å². The number of hydrogen-bond donors (Lipinski definition) is 1. The van der Waals surface area contributed by atoms with E-state index in [2.05, 4.69) is 18.7 Å². The first kappa shape index (κ1) is 13.9. The van der Waals surface area contributed by atoms with Crippen molar-refractivity contribution in [1.82, 2.24) is 4.90 Å². The molecule has 0 amide bonds. The molecule has 96 valence electrons. The molecule has 1 heterocycles. The van der Waals surface area contributed by atoms with Crippen LogP contribution in [0.5, 0.6) is 0 Å². The fourth-order valence-electron chi connectivity index (χ4n) is 1.80. The SMILES string of the molecule is CC(C)CCOCCN1CCOCC1CN. The second-order valence-corrected chi connectivity index (χ2v) is 4.80. The Kier molecular flexibility index (Phi) is 6.96. The molecule has 1 aliphatic rings. The maximum atomic E-state index is 5.70. The largest absolute Gasteiger partial charge is 0.380 e. The fraction of sp³-hybridized carbons (Fsp3) is 1.00. The van der Waals surface area contributed by atoms with Gasteiger partial charge in [-0.05, 0) is 12.3 Å². The summed E-state index contributed by atoms with van der Waals surface area (Å²) in [4.78, 5) is 2.37. The highest BCUT2D eigenvalue weighted by molar-refractivity contribution is 4.75. The number of ether oxygens (including phenoxy) is 2. The van der Waals surface area contributed by atoms with Gasteiger partial charge in [0.15, 0.2) is 0 Å². The van der Waals surface area contributed by atoms with Gasteiger partial charge in [0.05, 0.1) is 19.8 Å². The maximum absolute atomic E-state index is 5.70. The molecule has 1 aliphatic heterocycles. The second-order valence-electron chi connectivity index (χ2n) is 4.80. The minimum Gasteiger partial charge on any atom is -0.380 e. The van der Waals surface area contributed by atoms with E-state index in [0.29, 0.717) is 12.6 Å². The van der Waals surface area contributed by atoms with Crippen molar-refractivity contribution >= 4 is 0 Å². The lowest BCUT2D eigenvalue weighted by atomic mass is 10.1. The van der Waals surface area contributed by atoms with Gasteiger partial charge in [0.25, 0.3) is 0 Å². The van der Waals surface area contributed by atoms with Crippen LogP contribution >= 0.6 is 0 Å². The Hall–Kier alpha value is -0.160. The molecule has 1 unspecified atom stereocenters. The van der Waals surface area contributed by atoms with Gasteiger partial charge in [-0.3, -0.25) is 4.90 Å². The van der Waals surface area contributed by atoms with Crippen LogP contribution in [0, 0.1) is 5.92 Å². The van der Waals surface area contributed by atoms with E-state index in [-0.39, 0.29) is 0 Å². The topological polar surface area (TPSA) is 47.7 Å². The third-order valence-corrected chi connectivity index (χ3v) is 2.98. The Morgan fingerprint density at radius 2 is 2.25 bits per heavy atom. The molecule has 16 heavy (non-hydrogen) atoms. The van der Waals surface area contributed by atoms with Crippen molar-refractivity contribution in [3.63, 3.8) is 0 Å². The molecule has 1 fully saturated rings. The van der Waals surface area contributed by atoms with Gasteiger partial charge in [-0.1, -0.05) is 13.8 Å². The normalized spacial score (nSPS) is 22.9. The third kappa shape index (κ3) is 5.25. The molecule has 0 aromatic carbocycles. The molecule has 0 aliphatic carbocycles. The van der Waals surface area contributed by atoms with Crippen LogP contribution in [0.15, 0.2) is 0 Å². The molecule has 0 saturated carbocycles. The quantitative estimate of drug-likeness (QED) is 0.654. The molecule has 1 saturated heterocycles. The van der Waals surface area contributed by atoms with Gasteiger partial charge in [-0.2, -0.15) is 0 Å². The van der Waals surface area contributed by atoms with Gasteiger partial charge in [-0.25, -0.2) is 0 Å². The highest BCUT2D eigenvalue weighted by Crippen LogP contribution is 2.05. The van der Waals surface area contributed by atoms with E-state index in [0.717, 1.165) is 51.9 Å². The number of nitrogens with two attached hydrogens (primary N) is 1. The summed E-state index contributed by atoms with van der Waals surface area (Å²) in [6.07, 6.45) is 1.14. The Bertz CT molecular complexity index is 176. The molecule has 1 rings (SSSR count). The molecule has 2 N–H and O–H groups in total. The van der Waals surface area contributed by atoms with Crippen molar-refractivity contribution < 1.29 is 9.47 Å². The summed E-state index contributed by atoms with van der Waals surface area (Å²) < 4.78 is 11.0. The van der Waals surface area contributed by atoms with E-state index in [1.807, 2.05) is 0 Å². The molecule has 0 radical (unpaired) electrons. The summed E-state index contributed by atoms with van der Waals surface area (Å²) in [6.45, 7) is 10.3. The Morgan fingerprint density at radius 3 is 2.94 bits per heavy atom. The summed E-state index contributed by atoms with van der Waals surface area (Å²) in [7, 11) is 0. The van der Waals surface area contributed by atoms with Crippen LogP contribution < -0.4 is 5.73 Å². The van der Waals surface area contributed by atoms with Gasteiger partial charge in [0.1, 0.15) is 0 Å². The molecular weight excluding hydrogens is 204 g/mol. The Balaban J connectivity index is 2.06. The van der Waals surface area contributed by atoms with Crippen LogP contribution in [0.2, 0.25) is 0 Å². The zero-order valence-electron chi connectivity index (χ0n) is 10.7. The van der Waals surface area contributed by atoms with Crippen LogP contribution in [0.25, 0.3) is 0 Å². The minimum absolute atomic E-state index is 0.377. The zero-order chi connectivity index (χ0) is 11.8. The van der Waals surface area contributed by atoms with E-state index < -0.39 is 0 Å². The van der Waals surface area contributed by atoms with E-state index in [1.54, 1.807) is 0 Å². The molecule has 0 spiro atoms. The summed E-state index contributed by atoms with van der Waals surface area (Å²) in [5.41, 5.74) is 5.70. The average Bonchev–Trinajstić information content (AvgIpc) is 2.29. The van der Waals surface area contributed by atoms with Crippen molar-refractivity contribution in [2.24, 2.45) is 11.7 Å². The fourth-order valence-corrected chi connectivity index (χ4v) is 1.80. The maximum Gasteiger partial charge on any atom is 0.0634 e. The average molecular weight is 230 g/mol. The van der Waals surface area contributed by atoms with Gasteiger partial charge in [-0.15, -0.1) is 0 Å². The van der Waals surface area contributed by atoms with E-state index >= 15 is 0 Å². The summed E-state index contributed by atoms with van der Waals surface area (Å²) >= 11 is 0. The third-order valence-electron chi connectivity index (χ3n) is 2.98. The summed E-state index contributed by atoms with van der Waals surface area (Å²) in [5, 5.41) is 0. The first-order valence-corrected chi connectivity index (χ1v) is 6.33. The van der Waals surface area contributed by atoms with Crippen molar-refractivity contribution in [1.29, 1.82) is 0 Å². The molecule has 0 bridgehead atoms. The van der Waals surface area contributed by atoms with Gasteiger partial charge >= 0.3 is 0 Å². The molecule has 4 heteroatoms. The van der Waals surface area contributed by atoms with E-state index in [9.17, 15) is 0 Å². The van der Waals surface area contributed by atoms with E-state index in [4.69, 9.17) is 15.2 Å². The van der Waals surface area contributed by atoms with Crippen molar-refractivity contribution in [2.45, 2.75) is 26.3 Å². The summed E-state index contributed by atoms with van der Waals surface area (Å²) in [6, 6.07) is 0.377. The number of morpholine rings is 1. The van der Waals surface area contributed by atoms with Crippen LogP contribution in [-0.4, -0.2) is 57.0 Å². The van der Waals surface area contributed by atoms with Crippen LogP contribution in [0.4, 0.5) is 0 Å². The lowest BCUT2D eigenvalue weighted by molar-refractivity contribution is -0.0175. The van der Waals surface area contributed by atoms with Crippen LogP contribution in [-0.2, 0) is 9.47 Å². The summed E-state index contributed by atoms with van der Waals surface area (Å²) in [5.74, 6) is 0.722. The van der Waals surface area contributed by atoms with Gasteiger partial charge in [0, 0.05) is 32.3 Å². The van der Waals surface area contributed by atoms with E-state index in [1.165, 1.54) is 0 Å². The molecule has 4 nitrogen and oxygen atoms in total. The number of rotatable bonds is 7. The van der Waals surface area contributed by atoms with Crippen LogP contribution in [0.1, 0.15) is 20.3 Å². The lowest BCUT2D eigenvalue weighted by Crippen LogP contribution is -2.50.